The minimum absolute atomic E-state index is 0.764. The third kappa shape index (κ3) is 1.48. The van der Waals surface area contributed by atoms with Gasteiger partial charge in [0.1, 0.15) is 0 Å². The molecule has 0 N–H and O–H groups in total. The Morgan fingerprint density at radius 3 is 3.12 bits per heavy atom. The minimum atomic E-state index is 0.764. The zero-order valence-electron chi connectivity index (χ0n) is 5.39. The molecule has 47 valence electrons. The highest BCUT2D eigenvalue weighted by Gasteiger charge is 2.13. The highest BCUT2D eigenvalue weighted by molar-refractivity contribution is 4.77. The van der Waals surface area contributed by atoms with E-state index in [4.69, 9.17) is 4.74 Å². The van der Waals surface area contributed by atoms with E-state index in [0.717, 1.165) is 19.1 Å². The average molecular weight is 113 g/mol. The van der Waals surface area contributed by atoms with Crippen molar-refractivity contribution in [3.63, 3.8) is 0 Å². The molecule has 0 aromatic rings. The summed E-state index contributed by atoms with van der Waals surface area (Å²) in [6.45, 7) is 4.12. The van der Waals surface area contributed by atoms with Crippen molar-refractivity contribution in [3.05, 3.63) is 6.42 Å². The van der Waals surface area contributed by atoms with Gasteiger partial charge >= 0.3 is 0 Å². The monoisotopic (exact) mass is 113 g/mol. The third-order valence-electron chi connectivity index (χ3n) is 1.53. The van der Waals surface area contributed by atoms with E-state index < -0.39 is 0 Å². The molecule has 8 heavy (non-hydrogen) atoms. The summed E-state index contributed by atoms with van der Waals surface area (Å²) in [6.07, 6.45) is 4.77. The van der Waals surface area contributed by atoms with Crippen LogP contribution in [0.15, 0.2) is 0 Å². The molecular formula is C7H13O. The lowest BCUT2D eigenvalue weighted by Gasteiger charge is -2.00. The van der Waals surface area contributed by atoms with Crippen molar-refractivity contribution in [2.75, 3.05) is 13.2 Å². The Morgan fingerprint density at radius 1 is 1.75 bits per heavy atom. The Hall–Kier alpha value is -0.0400. The molecule has 0 spiro atoms. The van der Waals surface area contributed by atoms with Crippen molar-refractivity contribution in [2.45, 2.75) is 19.8 Å². The number of hydrogen-bond acceptors (Lipinski definition) is 1. The van der Waals surface area contributed by atoms with Crippen molar-refractivity contribution in [2.24, 2.45) is 5.92 Å². The fraction of sp³-hybridized carbons (Fsp3) is 0.857. The van der Waals surface area contributed by atoms with Gasteiger partial charge in [0, 0.05) is 13.2 Å². The summed E-state index contributed by atoms with van der Waals surface area (Å²) in [5.74, 6) is 0.764. The first-order valence-electron chi connectivity index (χ1n) is 3.34. The Bertz CT molecular complexity index is 55.4. The largest absolute Gasteiger partial charge is 0.381 e. The second-order valence-corrected chi connectivity index (χ2v) is 2.27. The van der Waals surface area contributed by atoms with E-state index in [9.17, 15) is 0 Å². The van der Waals surface area contributed by atoms with E-state index in [0.29, 0.717) is 0 Å². The number of hydrogen-bond donors (Lipinski definition) is 0. The summed E-state index contributed by atoms with van der Waals surface area (Å²) in [4.78, 5) is 0. The van der Waals surface area contributed by atoms with Gasteiger partial charge in [0.05, 0.1) is 0 Å². The standard InChI is InChI=1S/C7H13O/c1-2-3-7-4-5-8-6-7/h3,7H,2,4-6H2,1H3. The van der Waals surface area contributed by atoms with Crippen molar-refractivity contribution in [1.82, 2.24) is 0 Å². The lowest BCUT2D eigenvalue weighted by Crippen LogP contribution is -1.97. The van der Waals surface area contributed by atoms with Crippen LogP contribution < -0.4 is 0 Å². The van der Waals surface area contributed by atoms with Crippen LogP contribution in [0.2, 0.25) is 0 Å². The molecule has 1 unspecified atom stereocenters. The normalized spacial score (nSPS) is 28.9. The van der Waals surface area contributed by atoms with Crippen molar-refractivity contribution in [3.8, 4) is 0 Å². The maximum Gasteiger partial charge on any atom is 0.0497 e. The van der Waals surface area contributed by atoms with Crippen LogP contribution >= 0.6 is 0 Å². The molecule has 0 saturated carbocycles. The van der Waals surface area contributed by atoms with Gasteiger partial charge in [-0.15, -0.1) is 0 Å². The molecule has 1 atom stereocenters. The van der Waals surface area contributed by atoms with E-state index >= 15 is 0 Å². The number of rotatable bonds is 2. The van der Waals surface area contributed by atoms with Crippen LogP contribution in [0.4, 0.5) is 0 Å². The van der Waals surface area contributed by atoms with E-state index in [1.54, 1.807) is 0 Å². The van der Waals surface area contributed by atoms with Crippen molar-refractivity contribution < 1.29 is 4.74 Å². The second kappa shape index (κ2) is 3.08. The van der Waals surface area contributed by atoms with Gasteiger partial charge in [-0.3, -0.25) is 0 Å². The Balaban J connectivity index is 2.06. The van der Waals surface area contributed by atoms with Gasteiger partial charge in [-0.2, -0.15) is 0 Å². The van der Waals surface area contributed by atoms with Crippen LogP contribution in [0.1, 0.15) is 19.8 Å². The lowest BCUT2D eigenvalue weighted by atomic mass is 10.0. The first kappa shape index (κ1) is 6.09. The van der Waals surface area contributed by atoms with Gasteiger partial charge in [0.15, 0.2) is 0 Å². The molecule has 1 nitrogen and oxygen atoms in total. The van der Waals surface area contributed by atoms with Crippen molar-refractivity contribution in [1.29, 1.82) is 0 Å². The molecule has 0 aliphatic carbocycles. The molecule has 1 aliphatic rings. The van der Waals surface area contributed by atoms with Gasteiger partial charge in [0.2, 0.25) is 0 Å². The van der Waals surface area contributed by atoms with Crippen LogP contribution in [0.3, 0.4) is 0 Å². The molecule has 1 heterocycles. The molecule has 0 aromatic heterocycles. The molecule has 1 fully saturated rings. The van der Waals surface area contributed by atoms with Crippen LogP contribution in [0.25, 0.3) is 0 Å². The average Bonchev–Trinajstić information content (AvgIpc) is 2.19. The molecule has 1 radical (unpaired) electrons. The molecule has 1 rings (SSSR count). The quantitative estimate of drug-likeness (QED) is 0.529. The summed E-state index contributed by atoms with van der Waals surface area (Å²) in [5.41, 5.74) is 0. The lowest BCUT2D eigenvalue weighted by molar-refractivity contribution is 0.189. The maximum absolute atomic E-state index is 5.18. The predicted molar refractivity (Wildman–Crippen MR) is 33.5 cm³/mol. The Morgan fingerprint density at radius 2 is 2.62 bits per heavy atom. The smallest absolute Gasteiger partial charge is 0.0497 e. The molecule has 0 amide bonds. The summed E-state index contributed by atoms with van der Waals surface area (Å²) in [6, 6.07) is 0. The fourth-order valence-electron chi connectivity index (χ4n) is 1.07. The van der Waals surface area contributed by atoms with Crippen LogP contribution in [0.5, 0.6) is 0 Å². The maximum atomic E-state index is 5.18. The zero-order chi connectivity index (χ0) is 5.82. The SMILES string of the molecule is CC[CH]C1CCOC1. The summed E-state index contributed by atoms with van der Waals surface area (Å²) in [7, 11) is 0. The molecular weight excluding hydrogens is 100 g/mol. The minimum Gasteiger partial charge on any atom is -0.381 e. The number of ether oxygens (including phenoxy) is 1. The van der Waals surface area contributed by atoms with Crippen LogP contribution in [-0.4, -0.2) is 13.2 Å². The van der Waals surface area contributed by atoms with E-state index in [2.05, 4.69) is 13.3 Å². The topological polar surface area (TPSA) is 9.23 Å². The third-order valence-corrected chi connectivity index (χ3v) is 1.53. The predicted octanol–water partition coefficient (Wildman–Crippen LogP) is 1.64. The first-order chi connectivity index (χ1) is 3.93. The highest BCUT2D eigenvalue weighted by Crippen LogP contribution is 2.15. The summed E-state index contributed by atoms with van der Waals surface area (Å²) < 4.78 is 5.18. The molecule has 1 aliphatic heterocycles. The molecule has 0 bridgehead atoms. The van der Waals surface area contributed by atoms with Crippen molar-refractivity contribution >= 4 is 0 Å². The second-order valence-electron chi connectivity index (χ2n) is 2.27. The van der Waals surface area contributed by atoms with E-state index in [1.165, 1.54) is 12.8 Å². The van der Waals surface area contributed by atoms with Crippen LogP contribution in [0, 0.1) is 12.3 Å². The fourth-order valence-corrected chi connectivity index (χ4v) is 1.07. The highest BCUT2D eigenvalue weighted by atomic mass is 16.5. The molecule has 1 heteroatoms. The Kier molecular flexibility index (Phi) is 2.34. The van der Waals surface area contributed by atoms with Crippen LogP contribution in [-0.2, 0) is 4.74 Å². The zero-order valence-corrected chi connectivity index (χ0v) is 5.39. The first-order valence-corrected chi connectivity index (χ1v) is 3.34. The molecule has 1 saturated heterocycles. The van der Waals surface area contributed by atoms with E-state index in [1.807, 2.05) is 0 Å². The van der Waals surface area contributed by atoms with Gasteiger partial charge in [0.25, 0.3) is 0 Å². The van der Waals surface area contributed by atoms with E-state index in [-0.39, 0.29) is 0 Å². The summed E-state index contributed by atoms with van der Waals surface area (Å²) >= 11 is 0. The Labute approximate surface area is 51.0 Å². The van der Waals surface area contributed by atoms with Gasteiger partial charge < -0.3 is 4.74 Å². The molecule has 0 aromatic carbocycles. The van der Waals surface area contributed by atoms with Gasteiger partial charge in [-0.05, 0) is 18.8 Å². The van der Waals surface area contributed by atoms with Gasteiger partial charge in [-0.25, -0.2) is 0 Å². The summed E-state index contributed by atoms with van der Waals surface area (Å²) in [5, 5.41) is 0. The van der Waals surface area contributed by atoms with Gasteiger partial charge in [-0.1, -0.05) is 13.3 Å².